The fraction of sp³-hybridized carbons (Fsp3) is 1.00. The van der Waals surface area contributed by atoms with Gasteiger partial charge in [-0.25, -0.2) is 0 Å². The third-order valence-electron chi connectivity index (χ3n) is 2.60. The maximum absolute atomic E-state index is 11.8. The average Bonchev–Trinajstić information content (AvgIpc) is 2.01. The highest BCUT2D eigenvalue weighted by atomic mass is 32.2. The minimum Gasteiger partial charge on any atom is -0.195 e. The van der Waals surface area contributed by atoms with Crippen LogP contribution >= 0.6 is 0 Å². The van der Waals surface area contributed by atoms with Crippen molar-refractivity contribution in [3.63, 3.8) is 0 Å². The van der Waals surface area contributed by atoms with Gasteiger partial charge in [-0.2, -0.15) is 17.0 Å². The van der Waals surface area contributed by atoms with Crippen LogP contribution in [0.15, 0.2) is 0 Å². The molecule has 0 spiro atoms. The van der Waals surface area contributed by atoms with Gasteiger partial charge in [0.15, 0.2) is 0 Å². The Morgan fingerprint density at radius 3 is 1.79 bits per heavy atom. The smallest absolute Gasteiger partial charge is 0.195 e. The average molecular weight is 220 g/mol. The molecule has 1 rings (SSSR count). The molecule has 5 heteroatoms. The van der Waals surface area contributed by atoms with E-state index in [0.29, 0.717) is 13.1 Å². The fourth-order valence-electron chi connectivity index (χ4n) is 1.68. The lowest BCUT2D eigenvalue weighted by Gasteiger charge is -2.26. The molecule has 1 aliphatic rings. The zero-order chi connectivity index (χ0) is 10.6. The standard InChI is InChI=1S/C9H20N2O2S/c1-10(2)14(12,13)11-8-6-4-3-5-7-9-11/h3-9H2,1-2H3. The van der Waals surface area contributed by atoms with Gasteiger partial charge in [0.05, 0.1) is 0 Å². The van der Waals surface area contributed by atoms with Gasteiger partial charge in [-0.1, -0.05) is 19.3 Å². The Hall–Kier alpha value is -0.130. The Morgan fingerprint density at radius 2 is 1.36 bits per heavy atom. The molecule has 1 saturated heterocycles. The molecule has 4 nitrogen and oxygen atoms in total. The predicted molar refractivity (Wildman–Crippen MR) is 57.3 cm³/mol. The summed E-state index contributed by atoms with van der Waals surface area (Å²) >= 11 is 0. The van der Waals surface area contributed by atoms with Crippen molar-refractivity contribution < 1.29 is 8.42 Å². The number of hydrogen-bond acceptors (Lipinski definition) is 2. The van der Waals surface area contributed by atoms with Gasteiger partial charge in [-0.3, -0.25) is 0 Å². The van der Waals surface area contributed by atoms with E-state index in [2.05, 4.69) is 0 Å². The minimum atomic E-state index is -3.17. The summed E-state index contributed by atoms with van der Waals surface area (Å²) in [6.07, 6.45) is 5.54. The summed E-state index contributed by atoms with van der Waals surface area (Å²) in [6.45, 7) is 1.36. The van der Waals surface area contributed by atoms with Crippen LogP contribution in [-0.4, -0.2) is 44.2 Å². The fourth-order valence-corrected chi connectivity index (χ4v) is 2.86. The molecule has 14 heavy (non-hydrogen) atoms. The van der Waals surface area contributed by atoms with Crippen LogP contribution in [0.5, 0.6) is 0 Å². The van der Waals surface area contributed by atoms with Crippen molar-refractivity contribution in [2.75, 3.05) is 27.2 Å². The van der Waals surface area contributed by atoms with E-state index in [1.165, 1.54) is 10.7 Å². The number of hydrogen-bond donors (Lipinski definition) is 0. The summed E-state index contributed by atoms with van der Waals surface area (Å²) in [6, 6.07) is 0. The Balaban J connectivity index is 2.64. The van der Waals surface area contributed by atoms with E-state index in [4.69, 9.17) is 0 Å². The monoisotopic (exact) mass is 220 g/mol. The summed E-state index contributed by atoms with van der Waals surface area (Å²) in [5.41, 5.74) is 0. The molecule has 1 heterocycles. The van der Waals surface area contributed by atoms with Gasteiger partial charge in [0.1, 0.15) is 0 Å². The second kappa shape index (κ2) is 5.09. The van der Waals surface area contributed by atoms with Crippen molar-refractivity contribution >= 4 is 10.2 Å². The van der Waals surface area contributed by atoms with Gasteiger partial charge in [-0.05, 0) is 12.8 Å². The van der Waals surface area contributed by atoms with E-state index >= 15 is 0 Å². The first-order valence-corrected chi connectivity index (χ1v) is 6.62. The zero-order valence-corrected chi connectivity index (χ0v) is 9.89. The van der Waals surface area contributed by atoms with Crippen LogP contribution < -0.4 is 0 Å². The summed E-state index contributed by atoms with van der Waals surface area (Å²) < 4.78 is 26.5. The van der Waals surface area contributed by atoms with Crippen LogP contribution in [0.25, 0.3) is 0 Å². The molecule has 0 aromatic heterocycles. The van der Waals surface area contributed by atoms with Crippen molar-refractivity contribution in [3.05, 3.63) is 0 Å². The quantitative estimate of drug-likeness (QED) is 0.698. The first-order valence-electron chi connectivity index (χ1n) is 5.23. The SMILES string of the molecule is CN(C)S(=O)(=O)N1CCCCCCC1. The highest BCUT2D eigenvalue weighted by molar-refractivity contribution is 7.86. The molecule has 0 aromatic rings. The molecule has 0 amide bonds. The largest absolute Gasteiger partial charge is 0.281 e. The first kappa shape index (κ1) is 11.9. The van der Waals surface area contributed by atoms with E-state index in [-0.39, 0.29) is 0 Å². The van der Waals surface area contributed by atoms with E-state index < -0.39 is 10.2 Å². The maximum Gasteiger partial charge on any atom is 0.281 e. The zero-order valence-electron chi connectivity index (χ0n) is 9.07. The molecule has 0 atom stereocenters. The molecular formula is C9H20N2O2S. The normalized spacial score (nSPS) is 21.9. The van der Waals surface area contributed by atoms with Crippen molar-refractivity contribution in [1.82, 2.24) is 8.61 Å². The molecule has 0 aromatic carbocycles. The van der Waals surface area contributed by atoms with Crippen LogP contribution in [0, 0.1) is 0 Å². The number of nitrogens with zero attached hydrogens (tertiary/aromatic N) is 2. The Bertz CT molecular complexity index is 254. The van der Waals surface area contributed by atoms with Crippen molar-refractivity contribution in [1.29, 1.82) is 0 Å². The molecule has 0 aliphatic carbocycles. The first-order chi connectivity index (χ1) is 6.55. The minimum absolute atomic E-state index is 0.681. The lowest BCUT2D eigenvalue weighted by Crippen LogP contribution is -2.41. The van der Waals surface area contributed by atoms with E-state index in [0.717, 1.165) is 25.7 Å². The predicted octanol–water partition coefficient (Wildman–Crippen LogP) is 1.06. The molecule has 0 bridgehead atoms. The Labute approximate surface area is 87.1 Å². The van der Waals surface area contributed by atoms with Gasteiger partial charge in [0, 0.05) is 27.2 Å². The molecule has 1 aliphatic heterocycles. The van der Waals surface area contributed by atoms with Crippen LogP contribution in [0.1, 0.15) is 32.1 Å². The summed E-state index contributed by atoms with van der Waals surface area (Å²) in [5, 5.41) is 0. The van der Waals surface area contributed by atoms with E-state index in [1.807, 2.05) is 0 Å². The number of rotatable bonds is 2. The molecule has 0 radical (unpaired) electrons. The van der Waals surface area contributed by atoms with Crippen molar-refractivity contribution in [2.45, 2.75) is 32.1 Å². The lowest BCUT2D eigenvalue weighted by atomic mass is 10.1. The van der Waals surface area contributed by atoms with Crippen LogP contribution in [0.3, 0.4) is 0 Å². The van der Waals surface area contributed by atoms with E-state index in [9.17, 15) is 8.42 Å². The van der Waals surface area contributed by atoms with Gasteiger partial charge in [0.2, 0.25) is 0 Å². The van der Waals surface area contributed by atoms with Crippen LogP contribution in [0.4, 0.5) is 0 Å². The Kier molecular flexibility index (Phi) is 4.34. The lowest BCUT2D eigenvalue weighted by molar-refractivity contribution is 0.340. The molecular weight excluding hydrogens is 200 g/mol. The summed E-state index contributed by atoms with van der Waals surface area (Å²) in [7, 11) is 0.00991. The summed E-state index contributed by atoms with van der Waals surface area (Å²) in [4.78, 5) is 0. The molecule has 0 unspecified atom stereocenters. The van der Waals surface area contributed by atoms with Gasteiger partial charge < -0.3 is 0 Å². The van der Waals surface area contributed by atoms with Crippen LogP contribution in [0.2, 0.25) is 0 Å². The third-order valence-corrected chi connectivity index (χ3v) is 4.54. The molecule has 1 fully saturated rings. The maximum atomic E-state index is 11.8. The van der Waals surface area contributed by atoms with Gasteiger partial charge in [-0.15, -0.1) is 0 Å². The molecule has 0 saturated carbocycles. The molecule has 84 valence electrons. The van der Waals surface area contributed by atoms with Crippen molar-refractivity contribution in [3.8, 4) is 0 Å². The van der Waals surface area contributed by atoms with Crippen molar-refractivity contribution in [2.24, 2.45) is 0 Å². The topological polar surface area (TPSA) is 40.6 Å². The van der Waals surface area contributed by atoms with Gasteiger partial charge in [0.25, 0.3) is 10.2 Å². The molecule has 0 N–H and O–H groups in total. The highest BCUT2D eigenvalue weighted by Crippen LogP contribution is 2.14. The summed E-state index contributed by atoms with van der Waals surface area (Å²) in [5.74, 6) is 0. The highest BCUT2D eigenvalue weighted by Gasteiger charge is 2.23. The Morgan fingerprint density at radius 1 is 0.929 bits per heavy atom. The van der Waals surface area contributed by atoms with Crippen LogP contribution in [-0.2, 0) is 10.2 Å². The van der Waals surface area contributed by atoms with Gasteiger partial charge >= 0.3 is 0 Å². The van der Waals surface area contributed by atoms with E-state index in [1.54, 1.807) is 18.4 Å². The second-order valence-electron chi connectivity index (χ2n) is 3.96. The third kappa shape index (κ3) is 2.93. The second-order valence-corrected chi connectivity index (χ2v) is 6.10.